The van der Waals surface area contributed by atoms with Gasteiger partial charge in [0.2, 0.25) is 0 Å². The summed E-state index contributed by atoms with van der Waals surface area (Å²) in [6.07, 6.45) is 1.76. The van der Waals surface area contributed by atoms with Crippen molar-refractivity contribution < 1.29 is 0 Å². The molecule has 0 unspecified atom stereocenters. The van der Waals surface area contributed by atoms with E-state index >= 15 is 0 Å². The summed E-state index contributed by atoms with van der Waals surface area (Å²) >= 11 is 8.45. The fraction of sp³-hybridized carbons (Fsp3) is 0.111. The van der Waals surface area contributed by atoms with Crippen LogP contribution in [0.5, 0.6) is 0 Å². The fourth-order valence-corrected chi connectivity index (χ4v) is 2.68. The monoisotopic (exact) mass is 240 g/mol. The average Bonchev–Trinajstić information content (AvgIpc) is 2.75. The third kappa shape index (κ3) is 2.17. The summed E-state index contributed by atoms with van der Waals surface area (Å²) in [6, 6.07) is 4.09. The third-order valence-corrected chi connectivity index (χ3v) is 3.73. The van der Waals surface area contributed by atoms with E-state index in [0.29, 0.717) is 4.99 Å². The van der Waals surface area contributed by atoms with Gasteiger partial charge in [-0.15, -0.1) is 22.7 Å². The molecule has 0 spiro atoms. The van der Waals surface area contributed by atoms with E-state index < -0.39 is 0 Å². The van der Waals surface area contributed by atoms with Crippen LogP contribution in [-0.4, -0.2) is 9.97 Å². The maximum absolute atomic E-state index is 5.21. The molecule has 5 heteroatoms. The van der Waals surface area contributed by atoms with E-state index in [4.69, 9.17) is 12.2 Å². The van der Waals surface area contributed by atoms with E-state index in [-0.39, 0.29) is 0 Å². The first-order valence-electron chi connectivity index (χ1n) is 4.03. The molecule has 0 aromatic carbocycles. The van der Waals surface area contributed by atoms with Crippen LogP contribution in [0.1, 0.15) is 9.88 Å². The topological polar surface area (TPSA) is 24.9 Å². The van der Waals surface area contributed by atoms with Crippen molar-refractivity contribution in [1.29, 1.82) is 0 Å². The molecule has 0 saturated heterocycles. The zero-order valence-electron chi connectivity index (χ0n) is 7.48. The molecule has 2 nitrogen and oxygen atoms in total. The highest BCUT2D eigenvalue weighted by Gasteiger charge is 2.04. The standard InChI is InChI=1S/C9H8N2S3/c1-6-2-3-7(14-6)11-8(12)9-10-4-5-13-9/h2-5H,1H3,(H,11,12). The molecule has 0 aliphatic carbocycles. The van der Waals surface area contributed by atoms with Crippen molar-refractivity contribution in [2.45, 2.75) is 6.92 Å². The van der Waals surface area contributed by atoms with Crippen LogP contribution in [0, 0.1) is 6.92 Å². The lowest BCUT2D eigenvalue weighted by Crippen LogP contribution is -2.08. The quantitative estimate of drug-likeness (QED) is 0.815. The number of thiocarbonyl (C=S) groups is 1. The van der Waals surface area contributed by atoms with Gasteiger partial charge in [0.15, 0.2) is 5.01 Å². The van der Waals surface area contributed by atoms with Gasteiger partial charge in [-0.1, -0.05) is 12.2 Å². The Labute approximate surface area is 95.6 Å². The Bertz CT molecular complexity index is 431. The molecule has 2 aromatic heterocycles. The molecule has 0 bridgehead atoms. The predicted molar refractivity (Wildman–Crippen MR) is 66.5 cm³/mol. The highest BCUT2D eigenvalue weighted by atomic mass is 32.1. The average molecular weight is 240 g/mol. The third-order valence-electron chi connectivity index (χ3n) is 1.60. The number of aromatic nitrogens is 1. The summed E-state index contributed by atoms with van der Waals surface area (Å²) in [5.41, 5.74) is 0. The Morgan fingerprint density at radius 3 is 2.93 bits per heavy atom. The van der Waals surface area contributed by atoms with E-state index in [9.17, 15) is 0 Å². The summed E-state index contributed by atoms with van der Waals surface area (Å²) in [4.78, 5) is 6.11. The largest absolute Gasteiger partial charge is 0.336 e. The zero-order valence-corrected chi connectivity index (χ0v) is 9.93. The summed E-state index contributed by atoms with van der Waals surface area (Å²) < 4.78 is 0. The minimum absolute atomic E-state index is 0.696. The molecule has 2 aromatic rings. The van der Waals surface area contributed by atoms with Gasteiger partial charge in [-0.2, -0.15) is 0 Å². The summed E-state index contributed by atoms with van der Waals surface area (Å²) in [6.45, 7) is 2.07. The van der Waals surface area contributed by atoms with Crippen LogP contribution in [0.3, 0.4) is 0 Å². The molecule has 0 saturated carbocycles. The van der Waals surface area contributed by atoms with Gasteiger partial charge in [0.25, 0.3) is 0 Å². The lowest BCUT2D eigenvalue weighted by Gasteiger charge is -2.00. The fourth-order valence-electron chi connectivity index (χ4n) is 1.00. The SMILES string of the molecule is Cc1ccc(NC(=S)c2nccs2)s1. The second-order valence-corrected chi connectivity index (χ2v) is 5.29. The number of nitrogens with one attached hydrogen (secondary N) is 1. The van der Waals surface area contributed by atoms with E-state index in [1.54, 1.807) is 28.9 Å². The number of hydrogen-bond donors (Lipinski definition) is 1. The molecule has 14 heavy (non-hydrogen) atoms. The Kier molecular flexibility index (Phi) is 2.90. The van der Waals surface area contributed by atoms with E-state index in [1.165, 1.54) is 4.88 Å². The van der Waals surface area contributed by atoms with Gasteiger partial charge in [0.1, 0.15) is 4.99 Å². The molecule has 1 N–H and O–H groups in total. The van der Waals surface area contributed by atoms with Crippen molar-refractivity contribution in [3.8, 4) is 0 Å². The minimum atomic E-state index is 0.696. The van der Waals surface area contributed by atoms with Gasteiger partial charge in [-0.05, 0) is 19.1 Å². The maximum Gasteiger partial charge on any atom is 0.150 e. The van der Waals surface area contributed by atoms with Crippen molar-refractivity contribution in [3.63, 3.8) is 0 Å². The highest BCUT2D eigenvalue weighted by molar-refractivity contribution is 7.81. The van der Waals surface area contributed by atoms with Crippen LogP contribution in [-0.2, 0) is 0 Å². The van der Waals surface area contributed by atoms with Gasteiger partial charge < -0.3 is 5.32 Å². The van der Waals surface area contributed by atoms with Crippen LogP contribution < -0.4 is 5.32 Å². The molecule has 0 fully saturated rings. The van der Waals surface area contributed by atoms with Crippen molar-refractivity contribution in [1.82, 2.24) is 4.98 Å². The molecule has 2 rings (SSSR count). The Balaban J connectivity index is 2.09. The Hall–Kier alpha value is -0.780. The second-order valence-electron chi connectivity index (χ2n) is 2.70. The number of aryl methyl sites for hydroxylation is 1. The maximum atomic E-state index is 5.21. The highest BCUT2D eigenvalue weighted by Crippen LogP contribution is 2.21. The number of hydrogen-bond acceptors (Lipinski definition) is 4. The first kappa shape index (κ1) is 9.76. The lowest BCUT2D eigenvalue weighted by molar-refractivity contribution is 1.40. The van der Waals surface area contributed by atoms with Crippen LogP contribution in [0.25, 0.3) is 0 Å². The molecule has 2 heterocycles. The molecular formula is C9H8N2S3. The molecular weight excluding hydrogens is 232 g/mol. The second kappa shape index (κ2) is 4.16. The Morgan fingerprint density at radius 1 is 1.50 bits per heavy atom. The van der Waals surface area contributed by atoms with E-state index in [0.717, 1.165) is 10.0 Å². The number of rotatable bonds is 2. The van der Waals surface area contributed by atoms with Gasteiger partial charge >= 0.3 is 0 Å². The summed E-state index contributed by atoms with van der Waals surface area (Å²) in [5.74, 6) is 0. The number of nitrogens with zero attached hydrogens (tertiary/aromatic N) is 1. The number of thiazole rings is 1. The molecule has 0 aliphatic heterocycles. The predicted octanol–water partition coefficient (Wildman–Crippen LogP) is 3.30. The van der Waals surface area contributed by atoms with Crippen molar-refractivity contribution >= 4 is 44.9 Å². The normalized spacial score (nSPS) is 10.1. The van der Waals surface area contributed by atoms with Crippen LogP contribution >= 0.6 is 34.9 Å². The zero-order chi connectivity index (χ0) is 9.97. The molecule has 72 valence electrons. The van der Waals surface area contributed by atoms with Gasteiger partial charge in [0.05, 0.1) is 5.00 Å². The van der Waals surface area contributed by atoms with Gasteiger partial charge in [0, 0.05) is 16.5 Å². The molecule has 0 atom stereocenters. The summed E-state index contributed by atoms with van der Waals surface area (Å²) in [5, 5.41) is 7.02. The lowest BCUT2D eigenvalue weighted by atomic mass is 10.5. The van der Waals surface area contributed by atoms with Crippen LogP contribution in [0.2, 0.25) is 0 Å². The first-order valence-corrected chi connectivity index (χ1v) is 6.13. The minimum Gasteiger partial charge on any atom is -0.336 e. The number of thiophene rings is 1. The molecule has 0 amide bonds. The first-order chi connectivity index (χ1) is 6.75. The van der Waals surface area contributed by atoms with E-state index in [2.05, 4.69) is 23.3 Å². The summed E-state index contributed by atoms with van der Waals surface area (Å²) in [7, 11) is 0. The van der Waals surface area contributed by atoms with Crippen LogP contribution in [0.15, 0.2) is 23.7 Å². The number of anilines is 1. The van der Waals surface area contributed by atoms with Crippen LogP contribution in [0.4, 0.5) is 5.00 Å². The van der Waals surface area contributed by atoms with Crippen molar-refractivity contribution in [2.24, 2.45) is 0 Å². The van der Waals surface area contributed by atoms with Gasteiger partial charge in [-0.3, -0.25) is 0 Å². The Morgan fingerprint density at radius 2 is 2.36 bits per heavy atom. The smallest absolute Gasteiger partial charge is 0.150 e. The van der Waals surface area contributed by atoms with Gasteiger partial charge in [-0.25, -0.2) is 4.98 Å². The van der Waals surface area contributed by atoms with E-state index in [1.807, 2.05) is 11.4 Å². The van der Waals surface area contributed by atoms with Crippen molar-refractivity contribution in [2.75, 3.05) is 5.32 Å². The van der Waals surface area contributed by atoms with Crippen molar-refractivity contribution in [3.05, 3.63) is 33.6 Å². The molecule has 0 aliphatic rings. The molecule has 0 radical (unpaired) electrons.